The highest BCUT2D eigenvalue weighted by Gasteiger charge is 2.41. The molecule has 2 nitrogen and oxygen atoms in total. The second kappa shape index (κ2) is 5.46. The number of nitrogens with zero attached hydrogens (tertiary/aromatic N) is 1. The molecule has 19 heavy (non-hydrogen) atoms. The number of carbonyl (C=O) groups is 1. The molecule has 0 N–H and O–H groups in total. The van der Waals surface area contributed by atoms with E-state index in [4.69, 9.17) is 0 Å². The number of carbonyl (C=O) groups excluding carboxylic acids is 1. The average molecular weight is 257 g/mol. The van der Waals surface area contributed by atoms with Gasteiger partial charge in [0.2, 0.25) is 0 Å². The van der Waals surface area contributed by atoms with Gasteiger partial charge in [0, 0.05) is 18.5 Å². The van der Waals surface area contributed by atoms with E-state index in [0.717, 1.165) is 19.4 Å². The van der Waals surface area contributed by atoms with Crippen LogP contribution >= 0.6 is 0 Å². The van der Waals surface area contributed by atoms with E-state index in [2.05, 4.69) is 35.2 Å². The zero-order valence-corrected chi connectivity index (χ0v) is 11.6. The van der Waals surface area contributed by atoms with Crippen LogP contribution in [0.2, 0.25) is 0 Å². The molecule has 2 aliphatic rings. The number of likely N-dealkylation sites (tertiary alicyclic amines) is 1. The SMILES string of the molecule is O=C1CCC2(CCCCC2)N(Cc2ccccc2)C1. The van der Waals surface area contributed by atoms with Gasteiger partial charge in [0.25, 0.3) is 0 Å². The molecule has 0 aromatic heterocycles. The summed E-state index contributed by atoms with van der Waals surface area (Å²) in [4.78, 5) is 14.3. The first-order valence-corrected chi connectivity index (χ1v) is 7.59. The molecule has 1 aromatic rings. The fourth-order valence-corrected chi connectivity index (χ4v) is 3.79. The van der Waals surface area contributed by atoms with E-state index in [-0.39, 0.29) is 0 Å². The lowest BCUT2D eigenvalue weighted by molar-refractivity contribution is -0.128. The molecule has 1 heterocycles. The Balaban J connectivity index is 1.79. The van der Waals surface area contributed by atoms with Gasteiger partial charge < -0.3 is 0 Å². The van der Waals surface area contributed by atoms with Gasteiger partial charge >= 0.3 is 0 Å². The van der Waals surface area contributed by atoms with Crippen LogP contribution in [0.3, 0.4) is 0 Å². The van der Waals surface area contributed by atoms with Gasteiger partial charge in [-0.25, -0.2) is 0 Å². The van der Waals surface area contributed by atoms with E-state index < -0.39 is 0 Å². The largest absolute Gasteiger partial charge is 0.298 e. The first-order valence-electron chi connectivity index (χ1n) is 7.59. The Morgan fingerprint density at radius 1 is 1.00 bits per heavy atom. The zero-order chi connectivity index (χ0) is 13.1. The summed E-state index contributed by atoms with van der Waals surface area (Å²) in [5.41, 5.74) is 1.66. The van der Waals surface area contributed by atoms with E-state index in [0.29, 0.717) is 17.9 Å². The third-order valence-electron chi connectivity index (χ3n) is 4.91. The molecule has 3 rings (SSSR count). The number of piperidine rings is 1. The highest BCUT2D eigenvalue weighted by Crippen LogP contribution is 2.40. The minimum atomic E-state index is 0.321. The minimum absolute atomic E-state index is 0.321. The normalized spacial score (nSPS) is 23.7. The van der Waals surface area contributed by atoms with Crippen LogP contribution in [-0.4, -0.2) is 22.8 Å². The number of benzene rings is 1. The third-order valence-corrected chi connectivity index (χ3v) is 4.91. The van der Waals surface area contributed by atoms with Crippen molar-refractivity contribution in [3.63, 3.8) is 0 Å². The second-order valence-corrected chi connectivity index (χ2v) is 6.17. The molecule has 1 aliphatic heterocycles. The van der Waals surface area contributed by atoms with Crippen molar-refractivity contribution in [2.45, 2.75) is 57.0 Å². The highest BCUT2D eigenvalue weighted by atomic mass is 16.1. The van der Waals surface area contributed by atoms with Gasteiger partial charge in [0.05, 0.1) is 6.54 Å². The van der Waals surface area contributed by atoms with Crippen molar-refractivity contribution >= 4 is 5.78 Å². The summed E-state index contributed by atoms with van der Waals surface area (Å²) < 4.78 is 0. The molecule has 0 amide bonds. The first kappa shape index (κ1) is 12.9. The summed E-state index contributed by atoms with van der Waals surface area (Å²) in [5, 5.41) is 0. The van der Waals surface area contributed by atoms with Crippen LogP contribution in [0.5, 0.6) is 0 Å². The lowest BCUT2D eigenvalue weighted by Crippen LogP contribution is -2.54. The summed E-state index contributed by atoms with van der Waals surface area (Å²) >= 11 is 0. The lowest BCUT2D eigenvalue weighted by atomic mass is 9.74. The van der Waals surface area contributed by atoms with Crippen LogP contribution in [0.25, 0.3) is 0 Å². The van der Waals surface area contributed by atoms with Crippen molar-refractivity contribution in [2.75, 3.05) is 6.54 Å². The van der Waals surface area contributed by atoms with E-state index in [9.17, 15) is 4.79 Å². The van der Waals surface area contributed by atoms with Gasteiger partial charge in [-0.1, -0.05) is 49.6 Å². The Bertz CT molecular complexity index is 434. The Kier molecular flexibility index (Phi) is 3.69. The number of Topliss-reactive ketones (excluding diaryl/α,β-unsaturated/α-hetero) is 1. The van der Waals surface area contributed by atoms with Crippen LogP contribution in [0.4, 0.5) is 0 Å². The van der Waals surface area contributed by atoms with Gasteiger partial charge in [0.15, 0.2) is 0 Å². The molecule has 2 fully saturated rings. The topological polar surface area (TPSA) is 20.3 Å². The molecule has 2 heteroatoms. The van der Waals surface area contributed by atoms with E-state index in [1.807, 2.05) is 0 Å². The summed E-state index contributed by atoms with van der Waals surface area (Å²) in [6.45, 7) is 1.60. The van der Waals surface area contributed by atoms with Crippen LogP contribution in [0, 0.1) is 0 Å². The fraction of sp³-hybridized carbons (Fsp3) is 0.588. The molecule has 1 saturated heterocycles. The van der Waals surface area contributed by atoms with Gasteiger partial charge in [-0.2, -0.15) is 0 Å². The summed E-state index contributed by atoms with van der Waals surface area (Å²) in [6.07, 6.45) is 8.48. The number of hydrogen-bond donors (Lipinski definition) is 0. The minimum Gasteiger partial charge on any atom is -0.298 e. The van der Waals surface area contributed by atoms with Crippen molar-refractivity contribution in [1.82, 2.24) is 4.90 Å². The maximum absolute atomic E-state index is 11.8. The number of rotatable bonds is 2. The van der Waals surface area contributed by atoms with Crippen molar-refractivity contribution in [3.05, 3.63) is 35.9 Å². The summed E-state index contributed by atoms with van der Waals surface area (Å²) in [7, 11) is 0. The molecule has 1 aliphatic carbocycles. The molecule has 0 radical (unpaired) electrons. The molecule has 1 saturated carbocycles. The molecule has 1 aromatic carbocycles. The van der Waals surface area contributed by atoms with Crippen LogP contribution in [0.1, 0.15) is 50.5 Å². The van der Waals surface area contributed by atoms with Gasteiger partial charge in [0.1, 0.15) is 5.78 Å². The van der Waals surface area contributed by atoms with E-state index in [1.165, 1.54) is 37.7 Å². The van der Waals surface area contributed by atoms with E-state index >= 15 is 0 Å². The fourth-order valence-electron chi connectivity index (χ4n) is 3.79. The zero-order valence-electron chi connectivity index (χ0n) is 11.6. The van der Waals surface area contributed by atoms with Crippen LogP contribution in [-0.2, 0) is 11.3 Å². The van der Waals surface area contributed by atoms with Crippen molar-refractivity contribution in [3.8, 4) is 0 Å². The molecule has 0 atom stereocenters. The van der Waals surface area contributed by atoms with Gasteiger partial charge in [-0.15, -0.1) is 0 Å². The van der Waals surface area contributed by atoms with Crippen molar-refractivity contribution in [1.29, 1.82) is 0 Å². The quantitative estimate of drug-likeness (QED) is 0.807. The summed E-state index contributed by atoms with van der Waals surface area (Å²) in [5.74, 6) is 0.423. The molecule has 0 bridgehead atoms. The predicted molar refractivity (Wildman–Crippen MR) is 76.9 cm³/mol. The maximum atomic E-state index is 11.8. The number of hydrogen-bond acceptors (Lipinski definition) is 2. The smallest absolute Gasteiger partial charge is 0.146 e. The average Bonchev–Trinajstić information content (AvgIpc) is 2.46. The first-order chi connectivity index (χ1) is 9.28. The third kappa shape index (κ3) is 2.74. The standard InChI is InChI=1S/C17H23NO/c19-16-9-12-17(10-5-2-6-11-17)18(14-16)13-15-7-3-1-4-8-15/h1,3-4,7-8H,2,5-6,9-14H2. The summed E-state index contributed by atoms with van der Waals surface area (Å²) in [6, 6.07) is 10.6. The van der Waals surface area contributed by atoms with Crippen LogP contribution in [0.15, 0.2) is 30.3 Å². The Morgan fingerprint density at radius 3 is 2.47 bits per heavy atom. The van der Waals surface area contributed by atoms with Crippen molar-refractivity contribution < 1.29 is 4.79 Å². The highest BCUT2D eigenvalue weighted by molar-refractivity contribution is 5.81. The monoisotopic (exact) mass is 257 g/mol. The Labute approximate surface area is 115 Å². The Morgan fingerprint density at radius 2 is 1.74 bits per heavy atom. The van der Waals surface area contributed by atoms with Crippen molar-refractivity contribution in [2.24, 2.45) is 0 Å². The lowest BCUT2D eigenvalue weighted by Gasteiger charge is -2.49. The van der Waals surface area contributed by atoms with Crippen LogP contribution < -0.4 is 0 Å². The Hall–Kier alpha value is -1.15. The second-order valence-electron chi connectivity index (χ2n) is 6.17. The molecule has 0 unspecified atom stereocenters. The molecule has 1 spiro atoms. The van der Waals surface area contributed by atoms with Gasteiger partial charge in [-0.3, -0.25) is 9.69 Å². The van der Waals surface area contributed by atoms with E-state index in [1.54, 1.807) is 0 Å². The number of ketones is 1. The molecular weight excluding hydrogens is 234 g/mol. The van der Waals surface area contributed by atoms with Gasteiger partial charge in [-0.05, 0) is 24.8 Å². The molecular formula is C17H23NO. The predicted octanol–water partition coefficient (Wildman–Crippen LogP) is 3.55. The maximum Gasteiger partial charge on any atom is 0.146 e. The molecule has 102 valence electrons.